The molecule has 3 nitrogen and oxygen atoms in total. The molecule has 0 saturated carbocycles. The summed E-state index contributed by atoms with van der Waals surface area (Å²) in [5, 5.41) is 9.61. The average Bonchev–Trinajstić information content (AvgIpc) is 2.39. The van der Waals surface area contributed by atoms with E-state index >= 15 is 0 Å². The Bertz CT molecular complexity index is 379. The number of aryl methyl sites for hydroxylation is 1. The molecule has 0 heterocycles. The van der Waals surface area contributed by atoms with E-state index in [0.717, 1.165) is 12.2 Å². The number of hydrogen-bond donors (Lipinski definition) is 2. The van der Waals surface area contributed by atoms with Crippen LogP contribution in [0, 0.1) is 0 Å². The minimum Gasteiger partial charge on any atom is -0.493 e. The lowest BCUT2D eigenvalue weighted by molar-refractivity contribution is 0.133. The van der Waals surface area contributed by atoms with E-state index in [4.69, 9.17) is 10.5 Å². The zero-order valence-corrected chi connectivity index (χ0v) is 10.9. The van der Waals surface area contributed by atoms with E-state index in [2.05, 4.69) is 12.1 Å². The van der Waals surface area contributed by atoms with Gasteiger partial charge in [-0.05, 0) is 55.8 Å². The van der Waals surface area contributed by atoms with Crippen molar-refractivity contribution in [2.24, 2.45) is 5.73 Å². The van der Waals surface area contributed by atoms with Crippen molar-refractivity contribution in [1.82, 2.24) is 0 Å². The van der Waals surface area contributed by atoms with E-state index in [9.17, 15) is 5.11 Å². The Labute approximate surface area is 109 Å². The van der Waals surface area contributed by atoms with Gasteiger partial charge in [-0.1, -0.05) is 12.1 Å². The van der Waals surface area contributed by atoms with Crippen molar-refractivity contribution in [3.8, 4) is 5.75 Å². The van der Waals surface area contributed by atoms with Crippen LogP contribution < -0.4 is 10.5 Å². The quantitative estimate of drug-likeness (QED) is 0.811. The molecule has 0 aromatic heterocycles. The Balaban J connectivity index is 1.89. The number of aliphatic hydroxyl groups excluding tert-OH is 1. The molecule has 1 aliphatic carbocycles. The Morgan fingerprint density at radius 1 is 1.22 bits per heavy atom. The molecule has 1 aromatic carbocycles. The number of hydrogen-bond acceptors (Lipinski definition) is 3. The molecule has 0 spiro atoms. The predicted molar refractivity (Wildman–Crippen MR) is 72.9 cm³/mol. The maximum atomic E-state index is 9.61. The van der Waals surface area contributed by atoms with Crippen molar-refractivity contribution in [3.05, 3.63) is 29.3 Å². The number of ether oxygens (including phenoxy) is 1. The molecule has 0 saturated heterocycles. The summed E-state index contributed by atoms with van der Waals surface area (Å²) in [5.41, 5.74) is 8.21. The summed E-state index contributed by atoms with van der Waals surface area (Å²) in [6.45, 7) is 1.10. The maximum Gasteiger partial charge on any atom is 0.122 e. The van der Waals surface area contributed by atoms with Crippen molar-refractivity contribution in [3.63, 3.8) is 0 Å². The van der Waals surface area contributed by atoms with Crippen LogP contribution >= 0.6 is 0 Å². The van der Waals surface area contributed by atoms with E-state index < -0.39 is 0 Å². The van der Waals surface area contributed by atoms with Crippen LogP contribution in [-0.2, 0) is 12.8 Å². The standard InChI is InChI=1S/C15H23NO2/c16-10-8-13(17)9-11-18-15-7-3-5-12-4-1-2-6-14(12)15/h3,5,7,13,17H,1-2,4,6,8-11,16H2. The van der Waals surface area contributed by atoms with Crippen LogP contribution in [0.2, 0.25) is 0 Å². The smallest absolute Gasteiger partial charge is 0.122 e. The van der Waals surface area contributed by atoms with E-state index in [1.807, 2.05) is 6.07 Å². The molecule has 0 fully saturated rings. The highest BCUT2D eigenvalue weighted by Gasteiger charge is 2.13. The summed E-state index contributed by atoms with van der Waals surface area (Å²) in [4.78, 5) is 0. The van der Waals surface area contributed by atoms with Gasteiger partial charge in [0.2, 0.25) is 0 Å². The lowest BCUT2D eigenvalue weighted by Crippen LogP contribution is -2.17. The lowest BCUT2D eigenvalue weighted by Gasteiger charge is -2.20. The van der Waals surface area contributed by atoms with Gasteiger partial charge in [0.15, 0.2) is 0 Å². The summed E-state index contributed by atoms with van der Waals surface area (Å²) in [6.07, 6.45) is 5.79. The highest BCUT2D eigenvalue weighted by atomic mass is 16.5. The molecule has 0 bridgehead atoms. The summed E-state index contributed by atoms with van der Waals surface area (Å²) in [7, 11) is 0. The van der Waals surface area contributed by atoms with Crippen LogP contribution in [0.25, 0.3) is 0 Å². The lowest BCUT2D eigenvalue weighted by atomic mass is 9.91. The molecule has 0 aliphatic heterocycles. The summed E-state index contributed by atoms with van der Waals surface area (Å²) < 4.78 is 5.82. The average molecular weight is 249 g/mol. The molecule has 1 aliphatic rings. The van der Waals surface area contributed by atoms with Crippen LogP contribution in [-0.4, -0.2) is 24.4 Å². The zero-order valence-electron chi connectivity index (χ0n) is 10.9. The van der Waals surface area contributed by atoms with Gasteiger partial charge in [0.05, 0.1) is 12.7 Å². The molecule has 1 aromatic rings. The fourth-order valence-corrected chi connectivity index (χ4v) is 2.52. The fraction of sp³-hybridized carbons (Fsp3) is 0.600. The first-order valence-corrected chi connectivity index (χ1v) is 6.93. The van der Waals surface area contributed by atoms with Crippen LogP contribution in [0.3, 0.4) is 0 Å². The van der Waals surface area contributed by atoms with Crippen molar-refractivity contribution in [1.29, 1.82) is 0 Å². The molecule has 3 N–H and O–H groups in total. The van der Waals surface area contributed by atoms with Gasteiger partial charge < -0.3 is 15.6 Å². The molecule has 2 rings (SSSR count). The van der Waals surface area contributed by atoms with Crippen LogP contribution in [0.5, 0.6) is 5.75 Å². The second-order valence-corrected chi connectivity index (χ2v) is 4.97. The third-order valence-corrected chi connectivity index (χ3v) is 3.56. The van der Waals surface area contributed by atoms with Gasteiger partial charge in [-0.3, -0.25) is 0 Å². The molecule has 18 heavy (non-hydrogen) atoms. The van der Waals surface area contributed by atoms with E-state index in [0.29, 0.717) is 26.0 Å². The highest BCUT2D eigenvalue weighted by molar-refractivity contribution is 5.41. The molecule has 0 amide bonds. The first kappa shape index (κ1) is 13.4. The molecular weight excluding hydrogens is 226 g/mol. The SMILES string of the molecule is NCCC(O)CCOc1cccc2c1CCCC2. The first-order valence-electron chi connectivity index (χ1n) is 6.93. The van der Waals surface area contributed by atoms with Crippen LogP contribution in [0.1, 0.15) is 36.8 Å². The highest BCUT2D eigenvalue weighted by Crippen LogP contribution is 2.29. The van der Waals surface area contributed by atoms with Gasteiger partial charge in [-0.2, -0.15) is 0 Å². The Kier molecular flexibility index (Phi) is 5.02. The van der Waals surface area contributed by atoms with E-state index in [1.165, 1.54) is 30.4 Å². The predicted octanol–water partition coefficient (Wildman–Crippen LogP) is 2.04. The normalized spacial score (nSPS) is 16.1. The van der Waals surface area contributed by atoms with Gasteiger partial charge in [0.1, 0.15) is 5.75 Å². The Hall–Kier alpha value is -1.06. The second-order valence-electron chi connectivity index (χ2n) is 4.97. The molecule has 1 unspecified atom stereocenters. The second kappa shape index (κ2) is 6.76. The fourth-order valence-electron chi connectivity index (χ4n) is 2.52. The summed E-state index contributed by atoms with van der Waals surface area (Å²) in [6, 6.07) is 6.31. The summed E-state index contributed by atoms with van der Waals surface area (Å²) in [5.74, 6) is 1.01. The minimum atomic E-state index is -0.338. The third-order valence-electron chi connectivity index (χ3n) is 3.56. The third kappa shape index (κ3) is 3.47. The number of rotatable bonds is 6. The van der Waals surface area contributed by atoms with Crippen molar-refractivity contribution in [2.75, 3.05) is 13.2 Å². The number of nitrogens with two attached hydrogens (primary N) is 1. The van der Waals surface area contributed by atoms with Crippen LogP contribution in [0.15, 0.2) is 18.2 Å². The van der Waals surface area contributed by atoms with Gasteiger partial charge >= 0.3 is 0 Å². The first-order chi connectivity index (χ1) is 8.81. The Morgan fingerprint density at radius 3 is 2.89 bits per heavy atom. The van der Waals surface area contributed by atoms with Crippen molar-refractivity contribution < 1.29 is 9.84 Å². The largest absolute Gasteiger partial charge is 0.493 e. The molecular formula is C15H23NO2. The van der Waals surface area contributed by atoms with Gasteiger partial charge in [-0.15, -0.1) is 0 Å². The summed E-state index contributed by atoms with van der Waals surface area (Å²) >= 11 is 0. The van der Waals surface area contributed by atoms with Gasteiger partial charge in [0, 0.05) is 6.42 Å². The molecule has 3 heteroatoms. The number of fused-ring (bicyclic) bond motifs is 1. The number of benzene rings is 1. The van der Waals surface area contributed by atoms with Crippen molar-refractivity contribution >= 4 is 0 Å². The van der Waals surface area contributed by atoms with E-state index in [1.54, 1.807) is 0 Å². The number of aliphatic hydroxyl groups is 1. The molecule has 1 atom stereocenters. The minimum absolute atomic E-state index is 0.338. The van der Waals surface area contributed by atoms with E-state index in [-0.39, 0.29) is 6.10 Å². The van der Waals surface area contributed by atoms with Gasteiger partial charge in [0.25, 0.3) is 0 Å². The zero-order chi connectivity index (χ0) is 12.8. The monoisotopic (exact) mass is 249 g/mol. The topological polar surface area (TPSA) is 55.5 Å². The Morgan fingerprint density at radius 2 is 2.06 bits per heavy atom. The van der Waals surface area contributed by atoms with Crippen molar-refractivity contribution in [2.45, 2.75) is 44.6 Å². The van der Waals surface area contributed by atoms with Crippen LogP contribution in [0.4, 0.5) is 0 Å². The molecule has 100 valence electrons. The molecule has 0 radical (unpaired) electrons. The maximum absolute atomic E-state index is 9.61. The van der Waals surface area contributed by atoms with Gasteiger partial charge in [-0.25, -0.2) is 0 Å².